The molecule has 1 aromatic heterocycles. The average Bonchev–Trinajstić information content (AvgIpc) is 2.47. The number of amides is 1. The van der Waals surface area contributed by atoms with Crippen molar-refractivity contribution in [1.29, 1.82) is 0 Å². The van der Waals surface area contributed by atoms with E-state index in [4.69, 9.17) is 17.3 Å². The number of nitrogens with zero attached hydrogens (tertiary/aromatic N) is 1. The molecule has 110 valence electrons. The number of rotatable bonds is 2. The molecule has 1 saturated carbocycles. The third kappa shape index (κ3) is 2.87. The monoisotopic (exact) mass is 303 g/mol. The number of carbonyl (C=O) groups excluding carboxylic acids is 1. The molecule has 1 aliphatic rings. The molecule has 4 nitrogen and oxygen atoms in total. The van der Waals surface area contributed by atoms with Gasteiger partial charge in [-0.1, -0.05) is 36.9 Å². The second-order valence-electron chi connectivity index (χ2n) is 5.70. The van der Waals surface area contributed by atoms with Crippen molar-refractivity contribution in [1.82, 2.24) is 4.98 Å². The lowest BCUT2D eigenvalue weighted by Crippen LogP contribution is -2.52. The molecule has 3 rings (SSSR count). The van der Waals surface area contributed by atoms with Gasteiger partial charge in [-0.05, 0) is 31.0 Å². The van der Waals surface area contributed by atoms with Crippen LogP contribution in [0.1, 0.15) is 32.1 Å². The Morgan fingerprint density at radius 1 is 1.29 bits per heavy atom. The third-order valence-corrected chi connectivity index (χ3v) is 4.33. The van der Waals surface area contributed by atoms with Crippen molar-refractivity contribution in [2.24, 2.45) is 5.73 Å². The quantitative estimate of drug-likeness (QED) is 0.892. The number of anilines is 1. The molecule has 21 heavy (non-hydrogen) atoms. The molecule has 5 heteroatoms. The Morgan fingerprint density at radius 3 is 2.81 bits per heavy atom. The molecule has 0 atom stereocenters. The molecule has 0 unspecified atom stereocenters. The van der Waals surface area contributed by atoms with Gasteiger partial charge in [-0.2, -0.15) is 0 Å². The van der Waals surface area contributed by atoms with Crippen LogP contribution in [0.15, 0.2) is 30.5 Å². The van der Waals surface area contributed by atoms with Crippen LogP contribution in [-0.2, 0) is 4.79 Å². The van der Waals surface area contributed by atoms with E-state index in [9.17, 15) is 4.79 Å². The summed E-state index contributed by atoms with van der Waals surface area (Å²) in [6.07, 6.45) is 6.30. The molecule has 3 N–H and O–H groups in total. The van der Waals surface area contributed by atoms with Gasteiger partial charge in [-0.15, -0.1) is 0 Å². The Kier molecular flexibility index (Phi) is 3.83. The molecule has 0 bridgehead atoms. The predicted molar refractivity (Wildman–Crippen MR) is 85.4 cm³/mol. The maximum atomic E-state index is 12.5. The largest absolute Gasteiger partial charge is 0.323 e. The molecule has 0 saturated heterocycles. The highest BCUT2D eigenvalue weighted by Gasteiger charge is 2.35. The van der Waals surface area contributed by atoms with E-state index < -0.39 is 5.54 Å². The number of hydrogen-bond donors (Lipinski definition) is 2. The van der Waals surface area contributed by atoms with E-state index in [1.807, 2.05) is 18.2 Å². The number of hydrogen-bond acceptors (Lipinski definition) is 3. The van der Waals surface area contributed by atoms with Crippen LogP contribution in [-0.4, -0.2) is 16.4 Å². The van der Waals surface area contributed by atoms with E-state index in [0.29, 0.717) is 10.7 Å². The zero-order chi connectivity index (χ0) is 14.9. The maximum absolute atomic E-state index is 12.5. The van der Waals surface area contributed by atoms with E-state index in [1.165, 1.54) is 0 Å². The predicted octanol–water partition coefficient (Wildman–Crippen LogP) is 3.49. The maximum Gasteiger partial charge on any atom is 0.244 e. The second-order valence-corrected chi connectivity index (χ2v) is 6.14. The van der Waals surface area contributed by atoms with E-state index >= 15 is 0 Å². The fourth-order valence-electron chi connectivity index (χ4n) is 2.91. The van der Waals surface area contributed by atoms with Crippen molar-refractivity contribution >= 4 is 34.1 Å². The third-order valence-electron chi connectivity index (χ3n) is 4.12. The summed E-state index contributed by atoms with van der Waals surface area (Å²) in [5.74, 6) is -0.142. The molecule has 0 aliphatic heterocycles. The van der Waals surface area contributed by atoms with Gasteiger partial charge in [0.15, 0.2) is 0 Å². The first-order valence-electron chi connectivity index (χ1n) is 7.23. The lowest BCUT2D eigenvalue weighted by Gasteiger charge is -2.31. The summed E-state index contributed by atoms with van der Waals surface area (Å²) in [5, 5.41) is 4.39. The van der Waals surface area contributed by atoms with Crippen molar-refractivity contribution in [3.63, 3.8) is 0 Å². The van der Waals surface area contributed by atoms with Gasteiger partial charge < -0.3 is 11.1 Å². The minimum absolute atomic E-state index is 0.142. The summed E-state index contributed by atoms with van der Waals surface area (Å²) in [6.45, 7) is 0. The number of carbonyl (C=O) groups is 1. The SMILES string of the molecule is NC1(C(=O)Nc2cc(Cl)cc3cccnc23)CCCCC1. The Balaban J connectivity index is 1.92. The molecule has 1 heterocycles. The molecule has 1 aliphatic carbocycles. The molecule has 2 aromatic rings. The normalized spacial score (nSPS) is 17.6. The van der Waals surface area contributed by atoms with Crippen molar-refractivity contribution < 1.29 is 4.79 Å². The summed E-state index contributed by atoms with van der Waals surface area (Å²) in [6, 6.07) is 7.32. The Morgan fingerprint density at radius 2 is 2.05 bits per heavy atom. The number of fused-ring (bicyclic) bond motifs is 1. The number of nitrogens with one attached hydrogen (secondary N) is 1. The van der Waals surface area contributed by atoms with Gasteiger partial charge in [0.05, 0.1) is 16.7 Å². The number of nitrogens with two attached hydrogens (primary N) is 1. The number of pyridine rings is 1. The Labute approximate surface area is 128 Å². The van der Waals surface area contributed by atoms with E-state index in [-0.39, 0.29) is 5.91 Å². The van der Waals surface area contributed by atoms with Gasteiger partial charge in [0, 0.05) is 16.6 Å². The van der Waals surface area contributed by atoms with Crippen LogP contribution in [0.25, 0.3) is 10.9 Å². The van der Waals surface area contributed by atoms with Crippen molar-refractivity contribution in [2.45, 2.75) is 37.6 Å². The van der Waals surface area contributed by atoms with Crippen LogP contribution in [0.3, 0.4) is 0 Å². The Hall–Kier alpha value is -1.65. The average molecular weight is 304 g/mol. The minimum atomic E-state index is -0.776. The summed E-state index contributed by atoms with van der Waals surface area (Å²) in [7, 11) is 0. The van der Waals surface area contributed by atoms with Crippen molar-refractivity contribution in [2.75, 3.05) is 5.32 Å². The summed E-state index contributed by atoms with van der Waals surface area (Å²) in [4.78, 5) is 16.9. The Bertz CT molecular complexity index is 680. The topological polar surface area (TPSA) is 68.0 Å². The lowest BCUT2D eigenvalue weighted by molar-refractivity contribution is -0.122. The first-order valence-corrected chi connectivity index (χ1v) is 7.61. The number of benzene rings is 1. The van der Waals surface area contributed by atoms with Crippen molar-refractivity contribution in [3.05, 3.63) is 35.5 Å². The van der Waals surface area contributed by atoms with Gasteiger partial charge in [-0.25, -0.2) is 0 Å². The van der Waals surface area contributed by atoms with E-state index in [2.05, 4.69) is 10.3 Å². The van der Waals surface area contributed by atoms with Crippen LogP contribution in [0.5, 0.6) is 0 Å². The fourth-order valence-corrected chi connectivity index (χ4v) is 3.13. The van der Waals surface area contributed by atoms with Gasteiger partial charge >= 0.3 is 0 Å². The first-order chi connectivity index (χ1) is 10.1. The molecule has 1 amide bonds. The fraction of sp³-hybridized carbons (Fsp3) is 0.375. The van der Waals surface area contributed by atoms with E-state index in [0.717, 1.165) is 43.0 Å². The standard InChI is InChI=1S/C16H18ClN3O/c17-12-9-11-5-4-8-19-14(11)13(10-12)20-15(21)16(18)6-2-1-3-7-16/h4-5,8-10H,1-3,6-7,18H2,(H,20,21). The molecule has 0 spiro atoms. The first kappa shape index (κ1) is 14.3. The van der Waals surface area contributed by atoms with Crippen molar-refractivity contribution in [3.8, 4) is 0 Å². The minimum Gasteiger partial charge on any atom is -0.323 e. The number of halogens is 1. The number of aromatic nitrogens is 1. The highest BCUT2D eigenvalue weighted by Crippen LogP contribution is 2.30. The second kappa shape index (κ2) is 5.62. The summed E-state index contributed by atoms with van der Waals surface area (Å²) >= 11 is 6.12. The van der Waals surface area contributed by atoms with Crippen LogP contribution < -0.4 is 11.1 Å². The van der Waals surface area contributed by atoms with Crippen LogP contribution in [0.4, 0.5) is 5.69 Å². The van der Waals surface area contributed by atoms with Crippen LogP contribution >= 0.6 is 11.6 Å². The molecule has 1 aromatic carbocycles. The van der Waals surface area contributed by atoms with Gasteiger partial charge in [-0.3, -0.25) is 9.78 Å². The smallest absolute Gasteiger partial charge is 0.244 e. The highest BCUT2D eigenvalue weighted by molar-refractivity contribution is 6.32. The van der Waals surface area contributed by atoms with E-state index in [1.54, 1.807) is 12.3 Å². The summed E-state index contributed by atoms with van der Waals surface area (Å²) < 4.78 is 0. The molecular formula is C16H18ClN3O. The molecule has 0 radical (unpaired) electrons. The van der Waals surface area contributed by atoms with Gasteiger partial charge in [0.2, 0.25) is 5.91 Å². The van der Waals surface area contributed by atoms with Crippen LogP contribution in [0, 0.1) is 0 Å². The van der Waals surface area contributed by atoms with Gasteiger partial charge in [0.25, 0.3) is 0 Å². The lowest BCUT2D eigenvalue weighted by atomic mass is 9.82. The van der Waals surface area contributed by atoms with Gasteiger partial charge in [0.1, 0.15) is 0 Å². The molecule has 1 fully saturated rings. The molecular weight excluding hydrogens is 286 g/mol. The highest BCUT2D eigenvalue weighted by atomic mass is 35.5. The zero-order valence-corrected chi connectivity index (χ0v) is 12.5. The summed E-state index contributed by atoms with van der Waals surface area (Å²) in [5.41, 5.74) is 6.85. The zero-order valence-electron chi connectivity index (χ0n) is 11.7. The van der Waals surface area contributed by atoms with Crippen LogP contribution in [0.2, 0.25) is 5.02 Å².